The Labute approximate surface area is 78.1 Å². The summed E-state index contributed by atoms with van der Waals surface area (Å²) in [5, 5.41) is 4.59. The van der Waals surface area contributed by atoms with Gasteiger partial charge in [-0.25, -0.2) is 0 Å². The van der Waals surface area contributed by atoms with Crippen LogP contribution in [0, 0.1) is 0 Å². The molecule has 0 aromatic rings. The molecule has 1 atom stereocenters. The third-order valence-corrected chi connectivity index (χ3v) is 2.15. The maximum atomic E-state index is 11.1. The van der Waals surface area contributed by atoms with E-state index in [0.29, 0.717) is 6.54 Å². The smallest absolute Gasteiger partial charge is 0.233 e. The monoisotopic (exact) mass is 185 g/mol. The van der Waals surface area contributed by atoms with Crippen LogP contribution in [0.4, 0.5) is 0 Å². The van der Waals surface area contributed by atoms with Gasteiger partial charge in [-0.15, -0.1) is 11.8 Å². The molecule has 0 aliphatic rings. The number of rotatable bonds is 5. The molecule has 2 nitrogen and oxygen atoms in total. The standard InChI is InChI=1S/C9H15NOS/c1-4-6-7-12-8(3)9(11)10-5-2/h4,6-8H,1,5H2,2-3H3,(H,10,11)/b7-6-. The van der Waals surface area contributed by atoms with Crippen molar-refractivity contribution in [2.75, 3.05) is 6.54 Å². The first kappa shape index (κ1) is 11.3. The van der Waals surface area contributed by atoms with Crippen LogP contribution >= 0.6 is 11.8 Å². The molecule has 0 spiro atoms. The van der Waals surface area contributed by atoms with Crippen LogP contribution < -0.4 is 5.32 Å². The highest BCUT2D eigenvalue weighted by Gasteiger charge is 2.09. The normalized spacial score (nSPS) is 12.8. The predicted octanol–water partition coefficient (Wildman–Crippen LogP) is 1.94. The molecule has 3 heteroatoms. The Morgan fingerprint density at radius 2 is 2.42 bits per heavy atom. The summed E-state index contributed by atoms with van der Waals surface area (Å²) in [4.78, 5) is 11.1. The number of thioether (sulfide) groups is 1. The van der Waals surface area contributed by atoms with E-state index >= 15 is 0 Å². The summed E-state index contributed by atoms with van der Waals surface area (Å²) in [6.07, 6.45) is 3.51. The largest absolute Gasteiger partial charge is 0.355 e. The SMILES string of the molecule is C=C/C=C\SC(C)C(=O)NCC. The molecule has 0 heterocycles. The molecule has 0 saturated heterocycles. The molecule has 1 N–H and O–H groups in total. The fraction of sp³-hybridized carbons (Fsp3) is 0.444. The summed E-state index contributed by atoms with van der Waals surface area (Å²) in [5.41, 5.74) is 0. The van der Waals surface area contributed by atoms with Gasteiger partial charge in [-0.05, 0) is 19.3 Å². The van der Waals surface area contributed by atoms with Gasteiger partial charge in [0, 0.05) is 6.54 Å². The van der Waals surface area contributed by atoms with Crippen molar-refractivity contribution < 1.29 is 4.79 Å². The first-order valence-electron chi connectivity index (χ1n) is 3.93. The molecule has 12 heavy (non-hydrogen) atoms. The van der Waals surface area contributed by atoms with E-state index in [1.54, 1.807) is 6.08 Å². The zero-order valence-corrected chi connectivity index (χ0v) is 8.36. The lowest BCUT2D eigenvalue weighted by atomic mass is 10.4. The van der Waals surface area contributed by atoms with Gasteiger partial charge in [0.1, 0.15) is 0 Å². The first-order chi connectivity index (χ1) is 5.72. The van der Waals surface area contributed by atoms with E-state index in [2.05, 4.69) is 11.9 Å². The first-order valence-corrected chi connectivity index (χ1v) is 4.87. The van der Waals surface area contributed by atoms with Crippen molar-refractivity contribution in [2.24, 2.45) is 0 Å². The minimum Gasteiger partial charge on any atom is -0.355 e. The second kappa shape index (κ2) is 6.98. The van der Waals surface area contributed by atoms with Crippen molar-refractivity contribution in [3.8, 4) is 0 Å². The van der Waals surface area contributed by atoms with Gasteiger partial charge in [0.05, 0.1) is 5.25 Å². The van der Waals surface area contributed by atoms with Gasteiger partial charge in [-0.2, -0.15) is 0 Å². The molecule has 0 rings (SSSR count). The minimum atomic E-state index is -0.0267. The number of carbonyl (C=O) groups is 1. The van der Waals surface area contributed by atoms with Gasteiger partial charge >= 0.3 is 0 Å². The van der Waals surface area contributed by atoms with Gasteiger partial charge < -0.3 is 5.32 Å². The molecule has 0 bridgehead atoms. The fourth-order valence-corrected chi connectivity index (χ4v) is 1.24. The van der Waals surface area contributed by atoms with Crippen LogP contribution in [-0.2, 0) is 4.79 Å². The lowest BCUT2D eigenvalue weighted by molar-refractivity contribution is -0.120. The zero-order valence-electron chi connectivity index (χ0n) is 7.54. The maximum absolute atomic E-state index is 11.1. The molecule has 0 fully saturated rings. The topological polar surface area (TPSA) is 29.1 Å². The van der Waals surface area contributed by atoms with E-state index in [9.17, 15) is 4.79 Å². The lowest BCUT2D eigenvalue weighted by Gasteiger charge is -2.06. The maximum Gasteiger partial charge on any atom is 0.233 e. The van der Waals surface area contributed by atoms with E-state index < -0.39 is 0 Å². The molecular weight excluding hydrogens is 170 g/mol. The summed E-state index contributed by atoms with van der Waals surface area (Å²) in [6, 6.07) is 0. The summed E-state index contributed by atoms with van der Waals surface area (Å²) >= 11 is 1.49. The quantitative estimate of drug-likeness (QED) is 0.663. The molecule has 68 valence electrons. The molecule has 0 saturated carbocycles. The Morgan fingerprint density at radius 3 is 2.92 bits per heavy atom. The second-order valence-corrected chi connectivity index (χ2v) is 3.49. The lowest BCUT2D eigenvalue weighted by Crippen LogP contribution is -2.30. The Hall–Kier alpha value is -0.700. The Bertz CT molecular complexity index is 177. The highest BCUT2D eigenvalue weighted by atomic mass is 32.2. The Balaban J connectivity index is 3.70. The van der Waals surface area contributed by atoms with Gasteiger partial charge in [-0.1, -0.05) is 18.7 Å². The van der Waals surface area contributed by atoms with E-state index in [1.807, 2.05) is 25.3 Å². The molecule has 1 unspecified atom stereocenters. The van der Waals surface area contributed by atoms with Crippen LogP contribution in [0.25, 0.3) is 0 Å². The Morgan fingerprint density at radius 1 is 1.75 bits per heavy atom. The van der Waals surface area contributed by atoms with Crippen LogP contribution in [0.2, 0.25) is 0 Å². The summed E-state index contributed by atoms with van der Waals surface area (Å²) < 4.78 is 0. The molecule has 1 amide bonds. The molecule has 0 aromatic heterocycles. The van der Waals surface area contributed by atoms with Crippen molar-refractivity contribution in [3.63, 3.8) is 0 Å². The molecular formula is C9H15NOS. The van der Waals surface area contributed by atoms with E-state index in [0.717, 1.165) is 0 Å². The summed E-state index contributed by atoms with van der Waals surface area (Å²) in [7, 11) is 0. The number of allylic oxidation sites excluding steroid dienone is 2. The van der Waals surface area contributed by atoms with Crippen molar-refractivity contribution in [1.29, 1.82) is 0 Å². The second-order valence-electron chi connectivity index (χ2n) is 2.24. The number of hydrogen-bond donors (Lipinski definition) is 1. The van der Waals surface area contributed by atoms with Crippen LogP contribution in [0.5, 0.6) is 0 Å². The third kappa shape index (κ3) is 5.02. The number of nitrogens with one attached hydrogen (secondary N) is 1. The molecule has 0 radical (unpaired) electrons. The average Bonchev–Trinajstić information content (AvgIpc) is 2.05. The highest BCUT2D eigenvalue weighted by Crippen LogP contribution is 2.11. The number of hydrogen-bond acceptors (Lipinski definition) is 2. The van der Waals surface area contributed by atoms with Crippen LogP contribution in [-0.4, -0.2) is 17.7 Å². The van der Waals surface area contributed by atoms with Crippen LogP contribution in [0.3, 0.4) is 0 Å². The van der Waals surface area contributed by atoms with Gasteiger partial charge in [-0.3, -0.25) is 4.79 Å². The number of amides is 1. The molecule has 0 aliphatic heterocycles. The van der Waals surface area contributed by atoms with E-state index in [-0.39, 0.29) is 11.2 Å². The van der Waals surface area contributed by atoms with Crippen molar-refractivity contribution >= 4 is 17.7 Å². The van der Waals surface area contributed by atoms with Crippen LogP contribution in [0.1, 0.15) is 13.8 Å². The van der Waals surface area contributed by atoms with E-state index in [1.165, 1.54) is 11.8 Å². The zero-order chi connectivity index (χ0) is 9.40. The fourth-order valence-electron chi connectivity index (χ4n) is 0.599. The third-order valence-electron chi connectivity index (χ3n) is 1.22. The van der Waals surface area contributed by atoms with Crippen molar-refractivity contribution in [3.05, 3.63) is 24.1 Å². The van der Waals surface area contributed by atoms with Crippen LogP contribution in [0.15, 0.2) is 24.1 Å². The van der Waals surface area contributed by atoms with E-state index in [4.69, 9.17) is 0 Å². The molecule has 0 aliphatic carbocycles. The molecule has 0 aromatic carbocycles. The Kier molecular flexibility index (Phi) is 6.57. The minimum absolute atomic E-state index is 0.0267. The number of carbonyl (C=O) groups excluding carboxylic acids is 1. The highest BCUT2D eigenvalue weighted by molar-refractivity contribution is 8.03. The van der Waals surface area contributed by atoms with Crippen molar-refractivity contribution in [2.45, 2.75) is 19.1 Å². The predicted molar refractivity (Wildman–Crippen MR) is 55.1 cm³/mol. The van der Waals surface area contributed by atoms with Gasteiger partial charge in [0.2, 0.25) is 5.91 Å². The average molecular weight is 185 g/mol. The summed E-state index contributed by atoms with van der Waals surface area (Å²) in [6.45, 7) is 8.02. The van der Waals surface area contributed by atoms with Crippen molar-refractivity contribution in [1.82, 2.24) is 5.32 Å². The van der Waals surface area contributed by atoms with Gasteiger partial charge in [0.15, 0.2) is 0 Å². The van der Waals surface area contributed by atoms with Gasteiger partial charge in [0.25, 0.3) is 0 Å². The summed E-state index contributed by atoms with van der Waals surface area (Å²) in [5.74, 6) is 0.0798.